The van der Waals surface area contributed by atoms with Crippen LogP contribution in [0.2, 0.25) is 0 Å². The summed E-state index contributed by atoms with van der Waals surface area (Å²) in [6.07, 6.45) is 3.72. The summed E-state index contributed by atoms with van der Waals surface area (Å²) in [4.78, 5) is 14.8. The Labute approximate surface area is 185 Å². The van der Waals surface area contributed by atoms with E-state index in [1.54, 1.807) is 23.0 Å². The molecule has 164 valence electrons. The SMILES string of the molecule is O=C(NCCN1CCOCC1)c1ccn(-c2ccc3ccc(-c4cccc(F)c4)cn23)n1. The van der Waals surface area contributed by atoms with Gasteiger partial charge < -0.3 is 14.5 Å². The number of fused-ring (bicyclic) bond motifs is 1. The predicted molar refractivity (Wildman–Crippen MR) is 120 cm³/mol. The Morgan fingerprint density at radius 1 is 1.06 bits per heavy atom. The van der Waals surface area contributed by atoms with Crippen LogP contribution in [0.15, 0.2) is 67.0 Å². The third-order valence-corrected chi connectivity index (χ3v) is 5.66. The lowest BCUT2D eigenvalue weighted by molar-refractivity contribution is 0.0383. The molecule has 0 saturated carbocycles. The first kappa shape index (κ1) is 20.4. The molecular weight excluding hydrogens is 409 g/mol. The van der Waals surface area contributed by atoms with E-state index < -0.39 is 0 Å². The Balaban J connectivity index is 1.32. The fraction of sp³-hybridized carbons (Fsp3) is 0.250. The highest BCUT2D eigenvalue weighted by Crippen LogP contribution is 2.23. The number of halogens is 1. The molecule has 4 aromatic rings. The maximum absolute atomic E-state index is 13.7. The highest BCUT2D eigenvalue weighted by Gasteiger charge is 2.14. The van der Waals surface area contributed by atoms with Crippen LogP contribution in [-0.4, -0.2) is 64.4 Å². The topological polar surface area (TPSA) is 63.8 Å². The van der Waals surface area contributed by atoms with Crippen molar-refractivity contribution in [2.45, 2.75) is 0 Å². The minimum atomic E-state index is -0.272. The molecule has 0 bridgehead atoms. The number of nitrogens with zero attached hydrogens (tertiary/aromatic N) is 4. The van der Waals surface area contributed by atoms with E-state index in [0.29, 0.717) is 12.2 Å². The van der Waals surface area contributed by atoms with Gasteiger partial charge in [-0.05, 0) is 47.5 Å². The molecule has 3 aromatic heterocycles. The number of carbonyl (C=O) groups is 1. The van der Waals surface area contributed by atoms with E-state index in [0.717, 1.165) is 55.3 Å². The number of nitrogens with one attached hydrogen (secondary N) is 1. The van der Waals surface area contributed by atoms with Crippen molar-refractivity contribution in [2.75, 3.05) is 39.4 Å². The fourth-order valence-electron chi connectivity index (χ4n) is 3.93. The van der Waals surface area contributed by atoms with Crippen LogP contribution in [-0.2, 0) is 4.74 Å². The number of hydrogen-bond donors (Lipinski definition) is 1. The number of pyridine rings is 1. The van der Waals surface area contributed by atoms with E-state index >= 15 is 0 Å². The van der Waals surface area contributed by atoms with Gasteiger partial charge in [0.25, 0.3) is 5.91 Å². The van der Waals surface area contributed by atoms with Crippen molar-refractivity contribution in [3.8, 4) is 16.9 Å². The Morgan fingerprint density at radius 2 is 1.91 bits per heavy atom. The van der Waals surface area contributed by atoms with Crippen LogP contribution in [0.1, 0.15) is 10.5 Å². The molecule has 0 radical (unpaired) electrons. The molecule has 0 spiro atoms. The summed E-state index contributed by atoms with van der Waals surface area (Å²) in [6, 6.07) is 16.1. The zero-order valence-corrected chi connectivity index (χ0v) is 17.6. The first-order valence-corrected chi connectivity index (χ1v) is 10.7. The second kappa shape index (κ2) is 8.94. The first-order valence-electron chi connectivity index (χ1n) is 10.7. The molecule has 0 unspecified atom stereocenters. The summed E-state index contributed by atoms with van der Waals surface area (Å²) in [6.45, 7) is 4.63. The lowest BCUT2D eigenvalue weighted by Crippen LogP contribution is -2.41. The summed E-state index contributed by atoms with van der Waals surface area (Å²) in [5, 5.41) is 7.41. The van der Waals surface area contributed by atoms with Crippen molar-refractivity contribution in [2.24, 2.45) is 0 Å². The Bertz CT molecular complexity index is 1240. The van der Waals surface area contributed by atoms with Gasteiger partial charge in [0.2, 0.25) is 0 Å². The molecule has 1 N–H and O–H groups in total. The number of rotatable bonds is 6. The summed E-state index contributed by atoms with van der Waals surface area (Å²) in [5.41, 5.74) is 3.03. The van der Waals surface area contributed by atoms with Crippen molar-refractivity contribution in [3.63, 3.8) is 0 Å². The van der Waals surface area contributed by atoms with Crippen LogP contribution < -0.4 is 5.32 Å². The number of amides is 1. The van der Waals surface area contributed by atoms with Gasteiger partial charge in [-0.1, -0.05) is 18.2 Å². The number of carbonyl (C=O) groups excluding carboxylic acids is 1. The third-order valence-electron chi connectivity index (χ3n) is 5.66. The maximum atomic E-state index is 13.7. The minimum absolute atomic E-state index is 0.196. The van der Waals surface area contributed by atoms with Crippen molar-refractivity contribution in [1.29, 1.82) is 0 Å². The number of morpholine rings is 1. The van der Waals surface area contributed by atoms with Gasteiger partial charge in [-0.3, -0.25) is 9.69 Å². The third kappa shape index (κ3) is 4.28. The van der Waals surface area contributed by atoms with Gasteiger partial charge in [0, 0.05) is 44.1 Å². The Morgan fingerprint density at radius 3 is 2.75 bits per heavy atom. The van der Waals surface area contributed by atoms with E-state index in [1.165, 1.54) is 12.1 Å². The van der Waals surface area contributed by atoms with Crippen molar-refractivity contribution < 1.29 is 13.9 Å². The molecule has 1 amide bonds. The number of ether oxygens (including phenoxy) is 1. The fourth-order valence-corrected chi connectivity index (χ4v) is 3.93. The molecule has 8 heteroatoms. The monoisotopic (exact) mass is 433 g/mol. The lowest BCUT2D eigenvalue weighted by atomic mass is 10.1. The molecule has 0 aliphatic carbocycles. The molecule has 7 nitrogen and oxygen atoms in total. The molecule has 1 saturated heterocycles. The van der Waals surface area contributed by atoms with Crippen LogP contribution in [0.5, 0.6) is 0 Å². The average Bonchev–Trinajstić information content (AvgIpc) is 3.46. The standard InChI is InChI=1S/C24H24FN5O2/c25-20-3-1-2-18(16-20)19-4-5-21-6-7-23(29(21)17-19)30-10-8-22(27-30)24(31)26-9-11-28-12-14-32-15-13-28/h1-8,10,16-17H,9,11-15H2,(H,26,31). The van der Waals surface area contributed by atoms with Crippen LogP contribution in [0.4, 0.5) is 4.39 Å². The van der Waals surface area contributed by atoms with Gasteiger partial charge in [-0.15, -0.1) is 0 Å². The summed E-state index contributed by atoms with van der Waals surface area (Å²) < 4.78 is 22.7. The van der Waals surface area contributed by atoms with Gasteiger partial charge in [-0.25, -0.2) is 9.07 Å². The van der Waals surface area contributed by atoms with Crippen molar-refractivity contribution in [3.05, 3.63) is 78.5 Å². The first-order chi connectivity index (χ1) is 15.7. The smallest absolute Gasteiger partial charge is 0.271 e. The zero-order chi connectivity index (χ0) is 21.9. The molecule has 1 aliphatic heterocycles. The molecule has 0 atom stereocenters. The molecule has 1 aromatic carbocycles. The minimum Gasteiger partial charge on any atom is -0.379 e. The molecular formula is C24H24FN5O2. The quantitative estimate of drug-likeness (QED) is 0.508. The largest absolute Gasteiger partial charge is 0.379 e. The summed E-state index contributed by atoms with van der Waals surface area (Å²) >= 11 is 0. The van der Waals surface area contributed by atoms with E-state index in [-0.39, 0.29) is 11.7 Å². The van der Waals surface area contributed by atoms with Crippen molar-refractivity contribution >= 4 is 11.4 Å². The second-order valence-corrected chi connectivity index (χ2v) is 7.77. The van der Waals surface area contributed by atoms with Gasteiger partial charge in [0.1, 0.15) is 11.6 Å². The zero-order valence-electron chi connectivity index (χ0n) is 17.6. The Kier molecular flexibility index (Phi) is 5.70. The summed E-state index contributed by atoms with van der Waals surface area (Å²) in [5.74, 6) is 0.329. The van der Waals surface area contributed by atoms with Crippen LogP contribution in [0.3, 0.4) is 0 Å². The highest BCUT2D eigenvalue weighted by atomic mass is 19.1. The number of benzene rings is 1. The molecule has 32 heavy (non-hydrogen) atoms. The van der Waals surface area contributed by atoms with Crippen LogP contribution in [0, 0.1) is 5.82 Å². The lowest BCUT2D eigenvalue weighted by Gasteiger charge is -2.26. The van der Waals surface area contributed by atoms with Gasteiger partial charge in [-0.2, -0.15) is 5.10 Å². The number of hydrogen-bond acceptors (Lipinski definition) is 4. The predicted octanol–water partition coefficient (Wildman–Crippen LogP) is 2.99. The van der Waals surface area contributed by atoms with Crippen LogP contribution >= 0.6 is 0 Å². The van der Waals surface area contributed by atoms with Crippen molar-refractivity contribution in [1.82, 2.24) is 24.4 Å². The van der Waals surface area contributed by atoms with Gasteiger partial charge >= 0.3 is 0 Å². The van der Waals surface area contributed by atoms with Gasteiger partial charge in [0.15, 0.2) is 5.69 Å². The summed E-state index contributed by atoms with van der Waals surface area (Å²) in [7, 11) is 0. The second-order valence-electron chi connectivity index (χ2n) is 7.77. The highest BCUT2D eigenvalue weighted by molar-refractivity contribution is 5.92. The number of aromatic nitrogens is 3. The van der Waals surface area contributed by atoms with E-state index in [9.17, 15) is 9.18 Å². The van der Waals surface area contributed by atoms with E-state index in [4.69, 9.17) is 4.74 Å². The van der Waals surface area contributed by atoms with Gasteiger partial charge in [0.05, 0.1) is 13.2 Å². The van der Waals surface area contributed by atoms with E-state index in [2.05, 4.69) is 15.3 Å². The van der Waals surface area contributed by atoms with Crippen LogP contribution in [0.25, 0.3) is 22.5 Å². The maximum Gasteiger partial charge on any atom is 0.271 e. The Hall–Kier alpha value is -3.49. The molecule has 5 rings (SSSR count). The average molecular weight is 433 g/mol. The normalized spacial score (nSPS) is 14.7. The molecule has 4 heterocycles. The molecule has 1 fully saturated rings. The van der Waals surface area contributed by atoms with E-state index in [1.807, 2.05) is 40.9 Å². The molecule has 1 aliphatic rings.